The summed E-state index contributed by atoms with van der Waals surface area (Å²) in [5.74, 6) is 1.12. The summed E-state index contributed by atoms with van der Waals surface area (Å²) in [4.78, 5) is 12.3. The molecule has 3 aromatic rings. The van der Waals surface area contributed by atoms with Crippen molar-refractivity contribution in [3.63, 3.8) is 0 Å². The molecule has 7 nitrogen and oxygen atoms in total. The van der Waals surface area contributed by atoms with Gasteiger partial charge in [-0.25, -0.2) is 0 Å². The van der Waals surface area contributed by atoms with Crippen LogP contribution in [0.25, 0.3) is 11.5 Å². The Morgan fingerprint density at radius 2 is 2.04 bits per heavy atom. The number of fused-ring (bicyclic) bond motifs is 1. The van der Waals surface area contributed by atoms with Crippen LogP contribution in [0.5, 0.6) is 0 Å². The Kier molecular flexibility index (Phi) is 3.57. The van der Waals surface area contributed by atoms with Crippen LogP contribution in [0, 0.1) is 13.8 Å². The van der Waals surface area contributed by atoms with Crippen LogP contribution in [0.2, 0.25) is 0 Å². The van der Waals surface area contributed by atoms with E-state index >= 15 is 0 Å². The molecule has 0 unspecified atom stereocenters. The highest BCUT2D eigenvalue weighted by atomic mass is 16.3. The first kappa shape index (κ1) is 16.6. The van der Waals surface area contributed by atoms with E-state index in [9.17, 15) is 4.79 Å². The average Bonchev–Trinajstić information content (AvgIpc) is 3.24. The number of nitrogens with zero attached hydrogens (tertiary/aromatic N) is 3. The van der Waals surface area contributed by atoms with Gasteiger partial charge in [0.2, 0.25) is 5.91 Å². The van der Waals surface area contributed by atoms with Gasteiger partial charge in [0.1, 0.15) is 5.69 Å². The molecule has 1 aliphatic heterocycles. The number of carbonyl (C=O) groups is 1. The fourth-order valence-electron chi connectivity index (χ4n) is 3.92. The summed E-state index contributed by atoms with van der Waals surface area (Å²) in [6.07, 6.45) is 1.99. The first-order valence-corrected chi connectivity index (χ1v) is 8.76. The van der Waals surface area contributed by atoms with E-state index in [-0.39, 0.29) is 17.4 Å². The van der Waals surface area contributed by atoms with E-state index in [1.165, 1.54) is 0 Å². The normalized spacial score (nSPS) is 17.3. The molecule has 4 rings (SSSR count). The Morgan fingerprint density at radius 3 is 2.65 bits per heavy atom. The Labute approximate surface area is 151 Å². The predicted molar refractivity (Wildman–Crippen MR) is 98.1 cm³/mol. The summed E-state index contributed by atoms with van der Waals surface area (Å²) in [6, 6.07) is 3.73. The molecule has 136 valence electrons. The van der Waals surface area contributed by atoms with Crippen molar-refractivity contribution < 1.29 is 9.21 Å². The molecule has 3 aromatic heterocycles. The van der Waals surface area contributed by atoms with Crippen molar-refractivity contribution in [3.05, 3.63) is 40.9 Å². The summed E-state index contributed by atoms with van der Waals surface area (Å²) in [5, 5.41) is 15.0. The maximum absolute atomic E-state index is 12.3. The molecule has 0 saturated heterocycles. The molecule has 1 amide bonds. The Hall–Kier alpha value is -2.83. The summed E-state index contributed by atoms with van der Waals surface area (Å²) in [5.41, 5.74) is 4.73. The number of furan rings is 1. The van der Waals surface area contributed by atoms with Gasteiger partial charge in [0.05, 0.1) is 17.5 Å². The highest BCUT2D eigenvalue weighted by Gasteiger charge is 2.36. The number of aromatic amines is 1. The van der Waals surface area contributed by atoms with Crippen LogP contribution in [0.3, 0.4) is 0 Å². The fourth-order valence-corrected chi connectivity index (χ4v) is 3.92. The smallest absolute Gasteiger partial charge is 0.226 e. The van der Waals surface area contributed by atoms with Gasteiger partial charge in [-0.05, 0) is 46.8 Å². The van der Waals surface area contributed by atoms with Gasteiger partial charge in [0, 0.05) is 29.2 Å². The third kappa shape index (κ3) is 2.46. The van der Waals surface area contributed by atoms with Crippen molar-refractivity contribution in [1.29, 1.82) is 0 Å². The monoisotopic (exact) mass is 353 g/mol. The lowest BCUT2D eigenvalue weighted by molar-refractivity contribution is -0.116. The molecular formula is C19H23N5O2. The second kappa shape index (κ2) is 5.59. The van der Waals surface area contributed by atoms with Crippen molar-refractivity contribution >= 4 is 11.7 Å². The van der Waals surface area contributed by atoms with E-state index in [0.29, 0.717) is 18.0 Å². The minimum absolute atomic E-state index is 0.0395. The zero-order chi connectivity index (χ0) is 18.6. The van der Waals surface area contributed by atoms with Crippen LogP contribution in [-0.2, 0) is 10.3 Å². The second-order valence-corrected chi connectivity index (χ2v) is 7.81. The number of rotatable bonds is 2. The molecule has 7 heteroatoms. The largest absolute Gasteiger partial charge is 0.463 e. The standard InChI is InChI=1S/C19H23N5O2/c1-10-15(11(2)24(23-10)19(3,4)5)12-9-14(25)20-18-16(12)17(21-22-18)13-7-6-8-26-13/h6-8,12H,9H2,1-5H3,(H2,20,21,22,25)/t12-/m0/s1. The number of aryl methyl sites for hydroxylation is 1. The zero-order valence-electron chi connectivity index (χ0n) is 15.7. The number of anilines is 1. The minimum Gasteiger partial charge on any atom is -0.463 e. The summed E-state index contributed by atoms with van der Waals surface area (Å²) in [7, 11) is 0. The number of aromatic nitrogens is 4. The number of carbonyl (C=O) groups excluding carboxylic acids is 1. The van der Waals surface area contributed by atoms with Crippen LogP contribution >= 0.6 is 0 Å². The molecule has 0 aliphatic carbocycles. The van der Waals surface area contributed by atoms with Crippen LogP contribution in [-0.4, -0.2) is 25.9 Å². The third-order valence-corrected chi connectivity index (χ3v) is 4.90. The van der Waals surface area contributed by atoms with Crippen LogP contribution in [0.1, 0.15) is 55.6 Å². The Morgan fingerprint density at radius 1 is 1.27 bits per heavy atom. The van der Waals surface area contributed by atoms with Crippen LogP contribution in [0.4, 0.5) is 5.82 Å². The number of amides is 1. The van der Waals surface area contributed by atoms with E-state index in [0.717, 1.165) is 28.2 Å². The molecule has 0 bridgehead atoms. The number of hydrogen-bond acceptors (Lipinski definition) is 4. The Bertz CT molecular complexity index is 973. The van der Waals surface area contributed by atoms with Crippen molar-refractivity contribution in [1.82, 2.24) is 20.0 Å². The first-order chi connectivity index (χ1) is 12.3. The van der Waals surface area contributed by atoms with Gasteiger partial charge in [-0.1, -0.05) is 0 Å². The molecule has 1 atom stereocenters. The van der Waals surface area contributed by atoms with Crippen LogP contribution in [0.15, 0.2) is 22.8 Å². The zero-order valence-corrected chi connectivity index (χ0v) is 15.7. The second-order valence-electron chi connectivity index (χ2n) is 7.81. The van der Waals surface area contributed by atoms with Gasteiger partial charge in [0.25, 0.3) is 0 Å². The highest BCUT2D eigenvalue weighted by Crippen LogP contribution is 2.44. The van der Waals surface area contributed by atoms with Crippen molar-refractivity contribution in [2.75, 3.05) is 5.32 Å². The lowest BCUT2D eigenvalue weighted by atomic mass is 9.84. The average molecular weight is 353 g/mol. The molecule has 0 aromatic carbocycles. The van der Waals surface area contributed by atoms with Crippen LogP contribution < -0.4 is 5.32 Å². The van der Waals surface area contributed by atoms with E-state index in [1.807, 2.05) is 23.7 Å². The summed E-state index contributed by atoms with van der Waals surface area (Å²) in [6.45, 7) is 10.5. The van der Waals surface area contributed by atoms with Gasteiger partial charge in [0.15, 0.2) is 11.6 Å². The Balaban J connectivity index is 1.92. The summed E-state index contributed by atoms with van der Waals surface area (Å²) >= 11 is 0. The van der Waals surface area contributed by atoms with Crippen molar-refractivity contribution in [3.8, 4) is 11.5 Å². The topological polar surface area (TPSA) is 88.7 Å². The summed E-state index contributed by atoms with van der Waals surface area (Å²) < 4.78 is 7.61. The SMILES string of the molecule is Cc1nn(C(C)(C)C)c(C)c1[C@@H]1CC(=O)Nc2n[nH]c(-c3ccco3)c21. The third-order valence-electron chi connectivity index (χ3n) is 4.90. The molecule has 26 heavy (non-hydrogen) atoms. The first-order valence-electron chi connectivity index (χ1n) is 8.76. The predicted octanol–water partition coefficient (Wildman–Crippen LogP) is 3.71. The van der Waals surface area contributed by atoms with E-state index < -0.39 is 0 Å². The van der Waals surface area contributed by atoms with Gasteiger partial charge < -0.3 is 9.73 Å². The molecule has 0 saturated carbocycles. The number of hydrogen-bond donors (Lipinski definition) is 2. The van der Waals surface area contributed by atoms with Gasteiger partial charge >= 0.3 is 0 Å². The molecule has 0 radical (unpaired) electrons. The molecule has 1 aliphatic rings. The minimum atomic E-state index is -0.132. The molecular weight excluding hydrogens is 330 g/mol. The van der Waals surface area contributed by atoms with Gasteiger partial charge in [-0.2, -0.15) is 10.2 Å². The van der Waals surface area contributed by atoms with Crippen molar-refractivity contribution in [2.24, 2.45) is 0 Å². The van der Waals surface area contributed by atoms with E-state index in [1.54, 1.807) is 6.26 Å². The number of nitrogens with one attached hydrogen (secondary N) is 2. The number of H-pyrrole nitrogens is 1. The fraction of sp³-hybridized carbons (Fsp3) is 0.421. The van der Waals surface area contributed by atoms with E-state index in [2.05, 4.69) is 43.2 Å². The molecule has 0 fully saturated rings. The quantitative estimate of drug-likeness (QED) is 0.735. The maximum atomic E-state index is 12.3. The highest BCUT2D eigenvalue weighted by molar-refractivity contribution is 5.95. The lowest BCUT2D eigenvalue weighted by Gasteiger charge is -2.25. The van der Waals surface area contributed by atoms with Crippen molar-refractivity contribution in [2.45, 2.75) is 52.5 Å². The lowest BCUT2D eigenvalue weighted by Crippen LogP contribution is -2.26. The molecule has 2 N–H and O–H groups in total. The molecule has 0 spiro atoms. The van der Waals surface area contributed by atoms with Gasteiger partial charge in [-0.3, -0.25) is 14.6 Å². The van der Waals surface area contributed by atoms with E-state index in [4.69, 9.17) is 9.52 Å². The maximum Gasteiger partial charge on any atom is 0.226 e. The molecule has 4 heterocycles. The van der Waals surface area contributed by atoms with Gasteiger partial charge in [-0.15, -0.1) is 0 Å².